The third-order valence-electron chi connectivity index (χ3n) is 6.48. The first kappa shape index (κ1) is 17.4. The molecule has 0 saturated heterocycles. The Morgan fingerprint density at radius 3 is 2.38 bits per heavy atom. The quantitative estimate of drug-likeness (QED) is 0.355. The van der Waals surface area contributed by atoms with Gasteiger partial charge in [0.05, 0.1) is 12.3 Å². The Bertz CT molecular complexity index is 678. The molecule has 1 aromatic rings. The topological polar surface area (TPSA) is 76.7 Å². The number of carbonyl (C=O) groups is 1. The van der Waals surface area contributed by atoms with Gasteiger partial charge in [0.25, 0.3) is 0 Å². The summed E-state index contributed by atoms with van der Waals surface area (Å²) < 4.78 is 5.01. The second-order valence-corrected chi connectivity index (χ2v) is 8.39. The van der Waals surface area contributed by atoms with E-state index < -0.39 is 0 Å². The molecule has 5 heteroatoms. The fourth-order valence-electron chi connectivity index (χ4n) is 5.97. The third kappa shape index (κ3) is 3.19. The molecule has 0 unspecified atom stereocenters. The summed E-state index contributed by atoms with van der Waals surface area (Å²) in [4.78, 5) is 11.7. The zero-order chi connectivity index (χ0) is 18.1. The summed E-state index contributed by atoms with van der Waals surface area (Å²) in [5, 5.41) is 4.75. The largest absolute Gasteiger partial charge is 0.465 e. The van der Waals surface area contributed by atoms with Crippen molar-refractivity contribution in [1.29, 1.82) is 0 Å². The van der Waals surface area contributed by atoms with Crippen LogP contribution < -0.4 is 11.2 Å². The molecule has 1 aromatic carbocycles. The number of esters is 1. The number of hydrogen-bond acceptors (Lipinski definition) is 5. The minimum atomic E-state index is -0.276. The van der Waals surface area contributed by atoms with Gasteiger partial charge in [0.1, 0.15) is 6.54 Å². The Kier molecular flexibility index (Phi) is 4.63. The third-order valence-corrected chi connectivity index (χ3v) is 6.48. The van der Waals surface area contributed by atoms with Crippen molar-refractivity contribution in [2.45, 2.75) is 45.4 Å². The maximum Gasteiger partial charge on any atom is 0.327 e. The first-order valence-electron chi connectivity index (χ1n) is 9.91. The van der Waals surface area contributed by atoms with Gasteiger partial charge in [0.15, 0.2) is 0 Å². The molecule has 0 amide bonds. The Balaban J connectivity index is 1.65. The van der Waals surface area contributed by atoms with E-state index in [1.165, 1.54) is 38.5 Å². The van der Waals surface area contributed by atoms with E-state index in [4.69, 9.17) is 15.6 Å². The van der Waals surface area contributed by atoms with Crippen molar-refractivity contribution in [3.8, 4) is 0 Å². The molecule has 4 aliphatic rings. The number of ether oxygens (including phenoxy) is 1. The summed E-state index contributed by atoms with van der Waals surface area (Å²) in [6.45, 7) is 2.29. The molecule has 26 heavy (non-hydrogen) atoms. The molecule has 0 radical (unpaired) electrons. The lowest BCUT2D eigenvalue weighted by molar-refractivity contribution is -0.141. The number of hydrogen-bond donors (Lipinski definition) is 2. The molecule has 140 valence electrons. The molecule has 4 saturated carbocycles. The van der Waals surface area contributed by atoms with Crippen molar-refractivity contribution >= 4 is 17.4 Å². The van der Waals surface area contributed by atoms with E-state index in [9.17, 15) is 4.79 Å². The maximum atomic E-state index is 11.7. The summed E-state index contributed by atoms with van der Waals surface area (Å²) in [6, 6.07) is 7.99. The summed E-state index contributed by atoms with van der Waals surface area (Å²) in [5.41, 5.74) is 12.2. The highest BCUT2D eigenvalue weighted by Crippen LogP contribution is 2.61. The monoisotopic (exact) mass is 355 g/mol. The molecule has 4 aliphatic carbocycles. The molecule has 0 aromatic heterocycles. The van der Waals surface area contributed by atoms with E-state index in [0.717, 1.165) is 34.7 Å². The van der Waals surface area contributed by atoms with Crippen molar-refractivity contribution in [3.63, 3.8) is 0 Å². The van der Waals surface area contributed by atoms with E-state index in [-0.39, 0.29) is 17.9 Å². The second kappa shape index (κ2) is 6.93. The van der Waals surface area contributed by atoms with Crippen LogP contribution in [0.4, 0.5) is 5.69 Å². The molecule has 5 rings (SSSR count). The SMILES string of the molecule is CCOC(=O)CN/N=C(\c1ccccc1N)C12CC3CC(CC(C3)C1)C2. The predicted molar refractivity (Wildman–Crippen MR) is 103 cm³/mol. The lowest BCUT2D eigenvalue weighted by atomic mass is 9.48. The number of benzene rings is 1. The smallest absolute Gasteiger partial charge is 0.327 e. The van der Waals surface area contributed by atoms with Crippen LogP contribution >= 0.6 is 0 Å². The molecule has 0 spiro atoms. The number of nitrogens with zero attached hydrogens (tertiary/aromatic N) is 1. The van der Waals surface area contributed by atoms with Gasteiger partial charge in [-0.1, -0.05) is 18.2 Å². The van der Waals surface area contributed by atoms with Gasteiger partial charge in [-0.2, -0.15) is 5.10 Å². The van der Waals surface area contributed by atoms with E-state index in [0.29, 0.717) is 6.61 Å². The van der Waals surface area contributed by atoms with Gasteiger partial charge in [-0.05, 0) is 69.3 Å². The van der Waals surface area contributed by atoms with Crippen molar-refractivity contribution in [2.24, 2.45) is 28.3 Å². The van der Waals surface area contributed by atoms with E-state index in [1.807, 2.05) is 25.1 Å². The van der Waals surface area contributed by atoms with Crippen molar-refractivity contribution < 1.29 is 9.53 Å². The van der Waals surface area contributed by atoms with Crippen LogP contribution in [0.3, 0.4) is 0 Å². The molecule has 0 atom stereocenters. The van der Waals surface area contributed by atoms with Crippen LogP contribution in [0.2, 0.25) is 0 Å². The van der Waals surface area contributed by atoms with Gasteiger partial charge >= 0.3 is 5.97 Å². The number of para-hydroxylation sites is 1. The van der Waals surface area contributed by atoms with Gasteiger partial charge in [0, 0.05) is 16.7 Å². The van der Waals surface area contributed by atoms with Crippen LogP contribution in [0.1, 0.15) is 51.0 Å². The Hall–Kier alpha value is -2.04. The first-order chi connectivity index (χ1) is 12.6. The fraction of sp³-hybridized carbons (Fsp3) is 0.619. The standard InChI is InChI=1S/C21H29N3O2/c1-2-26-19(25)13-23-24-20(17-5-3-4-6-18(17)22)21-10-14-7-15(11-21)9-16(8-14)12-21/h3-6,14-16,23H,2,7-13,22H2,1H3/b24-20+. The predicted octanol–water partition coefficient (Wildman–Crippen LogP) is 3.34. The zero-order valence-electron chi connectivity index (χ0n) is 15.5. The lowest BCUT2D eigenvalue weighted by Gasteiger charge is -2.57. The lowest BCUT2D eigenvalue weighted by Crippen LogP contribution is -2.50. The summed E-state index contributed by atoms with van der Waals surface area (Å²) >= 11 is 0. The Morgan fingerprint density at radius 2 is 1.81 bits per heavy atom. The number of hydrazone groups is 1. The van der Waals surface area contributed by atoms with Crippen molar-refractivity contribution in [1.82, 2.24) is 5.43 Å². The number of rotatable bonds is 6. The molecular formula is C21H29N3O2. The number of carbonyl (C=O) groups excluding carboxylic acids is 1. The first-order valence-corrected chi connectivity index (χ1v) is 9.91. The molecule has 3 N–H and O–H groups in total. The minimum absolute atomic E-state index is 0.0937. The highest BCUT2D eigenvalue weighted by molar-refractivity contribution is 6.08. The number of anilines is 1. The molecule has 0 heterocycles. The molecule has 0 aliphatic heterocycles. The van der Waals surface area contributed by atoms with Crippen LogP contribution in [0.15, 0.2) is 29.4 Å². The van der Waals surface area contributed by atoms with Crippen molar-refractivity contribution in [2.75, 3.05) is 18.9 Å². The molecule has 4 fully saturated rings. The average Bonchev–Trinajstić information content (AvgIpc) is 2.58. The zero-order valence-corrected chi connectivity index (χ0v) is 15.5. The number of nitrogens with two attached hydrogens (primary N) is 1. The van der Waals surface area contributed by atoms with Crippen LogP contribution in [-0.4, -0.2) is 24.8 Å². The van der Waals surface area contributed by atoms with Gasteiger partial charge in [-0.3, -0.25) is 10.2 Å². The van der Waals surface area contributed by atoms with Gasteiger partial charge in [-0.25, -0.2) is 0 Å². The summed E-state index contributed by atoms with van der Waals surface area (Å²) in [5.74, 6) is 2.19. The molecule has 5 nitrogen and oxygen atoms in total. The van der Waals surface area contributed by atoms with Crippen LogP contribution in [-0.2, 0) is 9.53 Å². The van der Waals surface area contributed by atoms with E-state index in [2.05, 4.69) is 11.5 Å². The number of nitrogens with one attached hydrogen (secondary N) is 1. The molecule has 4 bridgehead atoms. The van der Waals surface area contributed by atoms with Gasteiger partial charge in [-0.15, -0.1) is 0 Å². The fourth-order valence-corrected chi connectivity index (χ4v) is 5.97. The van der Waals surface area contributed by atoms with Crippen LogP contribution in [0, 0.1) is 23.2 Å². The second-order valence-electron chi connectivity index (χ2n) is 8.39. The van der Waals surface area contributed by atoms with Gasteiger partial charge in [0.2, 0.25) is 0 Å². The van der Waals surface area contributed by atoms with Crippen LogP contribution in [0.5, 0.6) is 0 Å². The molecular weight excluding hydrogens is 326 g/mol. The Morgan fingerprint density at radius 1 is 1.19 bits per heavy atom. The van der Waals surface area contributed by atoms with Gasteiger partial charge < -0.3 is 10.5 Å². The highest BCUT2D eigenvalue weighted by atomic mass is 16.5. The van der Waals surface area contributed by atoms with Crippen LogP contribution in [0.25, 0.3) is 0 Å². The Labute approximate surface area is 155 Å². The van der Waals surface area contributed by atoms with E-state index >= 15 is 0 Å². The maximum absolute atomic E-state index is 11.7. The number of nitrogen functional groups attached to an aromatic ring is 1. The average molecular weight is 355 g/mol. The summed E-state index contributed by atoms with van der Waals surface area (Å²) in [7, 11) is 0. The normalized spacial score (nSPS) is 32.5. The summed E-state index contributed by atoms with van der Waals surface area (Å²) in [6.07, 6.45) is 7.75. The minimum Gasteiger partial charge on any atom is -0.465 e. The highest BCUT2D eigenvalue weighted by Gasteiger charge is 2.53. The van der Waals surface area contributed by atoms with Crippen molar-refractivity contribution in [3.05, 3.63) is 29.8 Å². The van der Waals surface area contributed by atoms with E-state index in [1.54, 1.807) is 0 Å².